The van der Waals surface area contributed by atoms with Crippen molar-refractivity contribution in [3.63, 3.8) is 0 Å². The maximum atomic E-state index is 7.36. The molecule has 0 unspecified atom stereocenters. The quantitative estimate of drug-likeness (QED) is 0.123. The molecule has 0 bridgehead atoms. The maximum Gasteiger partial charge on any atom is 0.121 e. The molecular weight excluding hydrogens is 983 g/mol. The van der Waals surface area contributed by atoms with Crippen LogP contribution in [0.2, 0.25) is 0 Å². The second kappa shape index (κ2) is 18.0. The zero-order valence-corrected chi connectivity index (χ0v) is 40.7. The smallest absolute Gasteiger partial charge is 0.121 e. The average Bonchev–Trinajstić information content (AvgIpc) is 3.91. The van der Waals surface area contributed by atoms with Crippen molar-refractivity contribution in [2.24, 2.45) is 0 Å². The van der Waals surface area contributed by atoms with Gasteiger partial charge in [0, 0.05) is 41.5 Å². The van der Waals surface area contributed by atoms with E-state index in [1.165, 1.54) is 61.1 Å². The molecule has 4 nitrogen and oxygen atoms in total. The predicted molar refractivity (Wildman–Crippen MR) is 273 cm³/mol. The third-order valence-corrected chi connectivity index (χ3v) is 12.5. The first-order valence-corrected chi connectivity index (χ1v) is 22.5. The van der Waals surface area contributed by atoms with Crippen molar-refractivity contribution in [2.45, 2.75) is 72.6 Å². The number of pyridine rings is 1. The summed E-state index contributed by atoms with van der Waals surface area (Å²) in [5.74, 6) is 1.40. The van der Waals surface area contributed by atoms with Crippen molar-refractivity contribution in [1.29, 1.82) is 0 Å². The van der Waals surface area contributed by atoms with Crippen LogP contribution in [0, 0.1) is 19.0 Å². The Morgan fingerprint density at radius 2 is 1.38 bits per heavy atom. The van der Waals surface area contributed by atoms with Gasteiger partial charge in [-0.25, -0.2) is 0 Å². The molecule has 11 aromatic rings. The van der Waals surface area contributed by atoms with Crippen molar-refractivity contribution < 1.29 is 28.6 Å². The van der Waals surface area contributed by atoms with E-state index in [4.69, 9.17) is 13.5 Å². The Hall–Kier alpha value is -6.65. The second-order valence-corrected chi connectivity index (χ2v) is 18.7. The van der Waals surface area contributed by atoms with E-state index < -0.39 is 6.85 Å². The molecule has 329 valence electrons. The molecule has 0 amide bonds. The van der Waals surface area contributed by atoms with Gasteiger partial charge >= 0.3 is 0 Å². The zero-order valence-electron chi connectivity index (χ0n) is 41.3. The Kier molecular flexibility index (Phi) is 11.1. The number of aromatic nitrogens is 3. The fourth-order valence-corrected chi connectivity index (χ4v) is 9.07. The zero-order chi connectivity index (χ0) is 47.5. The molecule has 8 aromatic carbocycles. The van der Waals surface area contributed by atoms with Gasteiger partial charge in [-0.2, -0.15) is 0 Å². The fourth-order valence-electron chi connectivity index (χ4n) is 9.07. The SMILES string of the molecule is CC(C)c1cc(-c2ccccc2)cc(C(C)C)c1-n1c(-c2[c-]ccc3c2oc2cc4c(ccc5ccccc54)cc23)nc2ccccc21.[2H]C([2H])([2H])c1c[c-]c(-c2cc(C(C)(C)C)ccn2)cc1.[Ir]. The predicted octanol–water partition coefficient (Wildman–Crippen LogP) is 16.8. The first kappa shape index (κ1) is 40.8. The standard InChI is InChI=1S/C45H35N2O.C16H18N.Ir/c1-27(2)36-24-32(29-13-6-5-7-14-29)25-37(28(3)4)43(36)47-41-20-11-10-19-40(41)46-45(47)35-18-12-17-34-39-23-31-22-21-30-15-8-9-16-33(30)38(31)26-42(39)48-44(34)35;1-12-5-7-13(8-6-12)15-11-14(9-10-17-15)16(2,3)4;/h5-17,19-28H,1-4H3;5-7,9-11H,1-4H3;/q2*-1;/i;1D3;. The van der Waals surface area contributed by atoms with Crippen LogP contribution in [0.15, 0.2) is 168 Å². The van der Waals surface area contributed by atoms with Gasteiger partial charge in [0.2, 0.25) is 0 Å². The van der Waals surface area contributed by atoms with Crippen LogP contribution < -0.4 is 0 Å². The minimum atomic E-state index is -2.09. The molecule has 0 spiro atoms. The van der Waals surface area contributed by atoms with E-state index in [2.05, 4.69) is 191 Å². The normalized spacial score (nSPS) is 12.7. The molecule has 66 heavy (non-hydrogen) atoms. The average molecular weight is 1040 g/mol. The summed E-state index contributed by atoms with van der Waals surface area (Å²) < 4.78 is 31.3. The van der Waals surface area contributed by atoms with Gasteiger partial charge in [0.25, 0.3) is 0 Å². The number of rotatable bonds is 6. The summed E-state index contributed by atoms with van der Waals surface area (Å²) in [6.45, 7) is 13.5. The van der Waals surface area contributed by atoms with Crippen LogP contribution in [-0.4, -0.2) is 14.5 Å². The first-order valence-electron chi connectivity index (χ1n) is 24.0. The molecule has 1 radical (unpaired) electrons. The van der Waals surface area contributed by atoms with Gasteiger partial charge < -0.3 is 14.0 Å². The van der Waals surface area contributed by atoms with Crippen molar-refractivity contribution in [2.75, 3.05) is 0 Å². The minimum absolute atomic E-state index is 0. The molecule has 0 fully saturated rings. The second-order valence-electron chi connectivity index (χ2n) is 18.7. The van der Waals surface area contributed by atoms with Crippen LogP contribution >= 0.6 is 0 Å². The molecule has 0 atom stereocenters. The van der Waals surface area contributed by atoms with Crippen molar-refractivity contribution in [3.8, 4) is 39.5 Å². The molecular formula is C61H53IrN3O-2. The van der Waals surface area contributed by atoms with Crippen LogP contribution in [0.4, 0.5) is 0 Å². The Bertz CT molecular complexity index is 3630. The largest absolute Gasteiger partial charge is 0.501 e. The molecule has 0 aliphatic heterocycles. The number of furan rings is 1. The van der Waals surface area contributed by atoms with Gasteiger partial charge in [0.1, 0.15) is 5.58 Å². The maximum absolute atomic E-state index is 7.36. The molecule has 0 N–H and O–H groups in total. The van der Waals surface area contributed by atoms with Crippen LogP contribution in [0.5, 0.6) is 0 Å². The number of benzene rings is 8. The molecule has 3 heterocycles. The third-order valence-electron chi connectivity index (χ3n) is 12.5. The summed E-state index contributed by atoms with van der Waals surface area (Å²) in [5.41, 5.74) is 14.0. The first-order chi connectivity index (χ1) is 32.6. The van der Waals surface area contributed by atoms with E-state index >= 15 is 0 Å². The van der Waals surface area contributed by atoms with Crippen LogP contribution in [0.25, 0.3) is 94.0 Å². The number of para-hydroxylation sites is 2. The van der Waals surface area contributed by atoms with E-state index in [0.717, 1.165) is 55.6 Å². The van der Waals surface area contributed by atoms with Gasteiger partial charge in [-0.15, -0.1) is 53.6 Å². The van der Waals surface area contributed by atoms with E-state index in [1.54, 1.807) is 18.3 Å². The molecule has 0 saturated heterocycles. The van der Waals surface area contributed by atoms with Gasteiger partial charge in [-0.05, 0) is 115 Å². The number of aryl methyl sites for hydroxylation is 1. The number of hydrogen-bond acceptors (Lipinski definition) is 3. The minimum Gasteiger partial charge on any atom is -0.501 e. The monoisotopic (exact) mass is 1040 g/mol. The number of fused-ring (bicyclic) bond motifs is 7. The van der Waals surface area contributed by atoms with Gasteiger partial charge in [-0.3, -0.25) is 4.98 Å². The number of nitrogens with zero attached hydrogens (tertiary/aromatic N) is 3. The van der Waals surface area contributed by atoms with Crippen LogP contribution in [-0.2, 0) is 25.5 Å². The molecule has 11 rings (SSSR count). The number of imidazole rings is 1. The Labute approximate surface area is 405 Å². The summed E-state index contributed by atoms with van der Waals surface area (Å²) in [6, 6.07) is 61.0. The molecule has 3 aromatic heterocycles. The molecule has 0 aliphatic rings. The van der Waals surface area contributed by atoms with Gasteiger partial charge in [-0.1, -0.05) is 151 Å². The van der Waals surface area contributed by atoms with Crippen LogP contribution in [0.1, 0.15) is 86.7 Å². The van der Waals surface area contributed by atoms with Crippen molar-refractivity contribution >= 4 is 54.5 Å². The summed E-state index contributed by atoms with van der Waals surface area (Å²) in [5, 5.41) is 7.02. The summed E-state index contributed by atoms with van der Waals surface area (Å²) >= 11 is 0. The van der Waals surface area contributed by atoms with Gasteiger partial charge in [0.05, 0.1) is 22.4 Å². The molecule has 0 saturated carbocycles. The van der Waals surface area contributed by atoms with E-state index in [-0.39, 0.29) is 37.4 Å². The Morgan fingerprint density at radius 1 is 0.652 bits per heavy atom. The Morgan fingerprint density at radius 3 is 2.11 bits per heavy atom. The van der Waals surface area contributed by atoms with Gasteiger partial charge in [0.15, 0.2) is 0 Å². The van der Waals surface area contributed by atoms with E-state index in [0.29, 0.717) is 5.56 Å². The van der Waals surface area contributed by atoms with Crippen molar-refractivity contribution in [1.82, 2.24) is 14.5 Å². The molecule has 5 heteroatoms. The van der Waals surface area contributed by atoms with E-state index in [1.807, 2.05) is 18.2 Å². The van der Waals surface area contributed by atoms with E-state index in [9.17, 15) is 0 Å². The van der Waals surface area contributed by atoms with Crippen LogP contribution in [0.3, 0.4) is 0 Å². The third kappa shape index (κ3) is 8.27. The Balaban J connectivity index is 0.000000238. The number of hydrogen-bond donors (Lipinski definition) is 0. The summed E-state index contributed by atoms with van der Waals surface area (Å²) in [6.07, 6.45) is 1.78. The van der Waals surface area contributed by atoms with Crippen molar-refractivity contribution in [3.05, 3.63) is 198 Å². The topological polar surface area (TPSA) is 43.9 Å². The summed E-state index contributed by atoms with van der Waals surface area (Å²) in [4.78, 5) is 9.67. The summed E-state index contributed by atoms with van der Waals surface area (Å²) in [7, 11) is 0. The fraction of sp³-hybridized carbons (Fsp3) is 0.180. The molecule has 0 aliphatic carbocycles.